The topological polar surface area (TPSA) is 120 Å². The molecular weight excluding hydrogens is 442 g/mol. The van der Waals surface area contributed by atoms with Crippen molar-refractivity contribution in [3.05, 3.63) is 88.5 Å². The molecule has 4 rings (SSSR count). The van der Waals surface area contributed by atoms with Crippen molar-refractivity contribution in [1.29, 1.82) is 0 Å². The maximum Gasteiger partial charge on any atom is 0.267 e. The smallest absolute Gasteiger partial charge is 0.267 e. The van der Waals surface area contributed by atoms with E-state index in [1.807, 2.05) is 18.2 Å². The van der Waals surface area contributed by atoms with Crippen molar-refractivity contribution in [3.63, 3.8) is 0 Å². The van der Waals surface area contributed by atoms with E-state index in [0.29, 0.717) is 40.3 Å². The quantitative estimate of drug-likeness (QED) is 0.284. The molecule has 0 aliphatic rings. The van der Waals surface area contributed by atoms with Crippen LogP contribution in [0.5, 0.6) is 0 Å². The maximum atomic E-state index is 13.7. The minimum Gasteiger partial charge on any atom is -0.381 e. The van der Waals surface area contributed by atoms with Gasteiger partial charge in [-0.2, -0.15) is 5.10 Å². The molecule has 0 aliphatic heterocycles. The first kappa shape index (κ1) is 23.3. The summed E-state index contributed by atoms with van der Waals surface area (Å²) < 4.78 is 2.96. The van der Waals surface area contributed by atoms with Gasteiger partial charge in [0.25, 0.3) is 11.5 Å². The molecule has 9 heteroatoms. The average Bonchev–Trinajstić information content (AvgIpc) is 3.14. The monoisotopic (exact) mass is 467 g/mol. The number of amides is 1. The Balaban J connectivity index is 1.83. The van der Waals surface area contributed by atoms with E-state index < -0.39 is 11.9 Å². The minimum atomic E-state index is -0.666. The number of nitrogens with zero attached hydrogens (tertiary/aromatic N) is 4. The minimum absolute atomic E-state index is 0.0781. The third-order valence-corrected chi connectivity index (χ3v) is 5.54. The third kappa shape index (κ3) is 4.25. The van der Waals surface area contributed by atoms with E-state index in [0.717, 1.165) is 0 Å². The Morgan fingerprint density at radius 2 is 2.00 bits per heavy atom. The number of fused-ring (bicyclic) bond motifs is 1. The van der Waals surface area contributed by atoms with Crippen molar-refractivity contribution in [3.8, 4) is 18.0 Å². The molecule has 0 bridgehead atoms. The lowest BCUT2D eigenvalue weighted by Gasteiger charge is -2.20. The van der Waals surface area contributed by atoms with Gasteiger partial charge in [0.1, 0.15) is 17.2 Å². The van der Waals surface area contributed by atoms with E-state index in [1.165, 1.54) is 9.25 Å². The molecular formula is C26H25N7O2. The lowest BCUT2D eigenvalue weighted by Crippen LogP contribution is -2.34. The number of anilines is 2. The van der Waals surface area contributed by atoms with Gasteiger partial charge in [-0.25, -0.2) is 4.98 Å². The van der Waals surface area contributed by atoms with Crippen LogP contribution >= 0.6 is 0 Å². The number of terminal acetylenes is 1. The maximum absolute atomic E-state index is 13.7. The molecule has 2 aromatic carbocycles. The highest BCUT2D eigenvalue weighted by Gasteiger charge is 2.25. The summed E-state index contributed by atoms with van der Waals surface area (Å²) in [6.07, 6.45) is 7.31. The van der Waals surface area contributed by atoms with Gasteiger partial charge in [-0.3, -0.25) is 18.8 Å². The Bertz CT molecular complexity index is 1530. The van der Waals surface area contributed by atoms with E-state index in [9.17, 15) is 9.59 Å². The molecule has 176 valence electrons. The predicted octanol–water partition coefficient (Wildman–Crippen LogP) is 2.77. The van der Waals surface area contributed by atoms with E-state index >= 15 is 0 Å². The second-order valence-electron chi connectivity index (χ2n) is 7.89. The molecule has 35 heavy (non-hydrogen) atoms. The largest absolute Gasteiger partial charge is 0.381 e. The zero-order valence-electron chi connectivity index (χ0n) is 19.4. The van der Waals surface area contributed by atoms with Crippen molar-refractivity contribution in [2.24, 2.45) is 7.05 Å². The average molecular weight is 468 g/mol. The molecule has 4 aromatic rings. The fourth-order valence-electron chi connectivity index (χ4n) is 3.96. The molecule has 0 aliphatic carbocycles. The molecule has 1 unspecified atom stereocenters. The Morgan fingerprint density at radius 1 is 1.26 bits per heavy atom. The summed E-state index contributed by atoms with van der Waals surface area (Å²) in [6, 6.07) is 13.6. The number of rotatable bonds is 7. The molecule has 0 saturated heterocycles. The van der Waals surface area contributed by atoms with Crippen LogP contribution in [0, 0.1) is 12.3 Å². The van der Waals surface area contributed by atoms with Crippen LogP contribution in [0.25, 0.3) is 16.6 Å². The molecule has 2 heterocycles. The second-order valence-corrected chi connectivity index (χ2v) is 7.89. The number of nitrogen functional groups attached to an aromatic ring is 1. The van der Waals surface area contributed by atoms with Crippen LogP contribution in [0.15, 0.2) is 66.0 Å². The number of carbonyl (C=O) groups excluding carboxylic acids is 1. The Labute approximate surface area is 202 Å². The summed E-state index contributed by atoms with van der Waals surface area (Å²) in [4.78, 5) is 31.7. The lowest BCUT2D eigenvalue weighted by molar-refractivity contribution is 0.0939. The Morgan fingerprint density at radius 3 is 2.69 bits per heavy atom. The summed E-state index contributed by atoms with van der Waals surface area (Å²) in [5.41, 5.74) is 7.41. The summed E-state index contributed by atoms with van der Waals surface area (Å²) in [5, 5.41) is 10.5. The van der Waals surface area contributed by atoms with Crippen LogP contribution in [0.4, 0.5) is 11.6 Å². The highest BCUT2D eigenvalue weighted by atomic mass is 16.2. The highest BCUT2D eigenvalue weighted by Crippen LogP contribution is 2.24. The van der Waals surface area contributed by atoms with E-state index in [2.05, 4.69) is 28.2 Å². The predicted molar refractivity (Wildman–Crippen MR) is 137 cm³/mol. The number of para-hydroxylation sites is 1. The second kappa shape index (κ2) is 9.57. The summed E-state index contributed by atoms with van der Waals surface area (Å²) in [7, 11) is 1.68. The SMILES string of the molecule is C#Cc1cccc2nc(C(C)NC(=O)c3c(N)nn(C)c3NCC=C)n(-c3ccccc3)c(=O)c12. The summed E-state index contributed by atoms with van der Waals surface area (Å²) >= 11 is 0. The lowest BCUT2D eigenvalue weighted by atomic mass is 10.1. The van der Waals surface area contributed by atoms with Gasteiger partial charge in [0, 0.05) is 19.2 Å². The van der Waals surface area contributed by atoms with Crippen molar-refractivity contribution in [2.45, 2.75) is 13.0 Å². The fraction of sp³-hybridized carbons (Fsp3) is 0.154. The Kier molecular flexibility index (Phi) is 6.38. The van der Waals surface area contributed by atoms with Gasteiger partial charge in [0.2, 0.25) is 0 Å². The van der Waals surface area contributed by atoms with Gasteiger partial charge in [-0.1, -0.05) is 36.3 Å². The van der Waals surface area contributed by atoms with Gasteiger partial charge in [0.05, 0.1) is 22.6 Å². The van der Waals surface area contributed by atoms with Crippen molar-refractivity contribution in [2.75, 3.05) is 17.6 Å². The van der Waals surface area contributed by atoms with Crippen molar-refractivity contribution in [1.82, 2.24) is 24.6 Å². The number of nitrogens with two attached hydrogens (primary N) is 1. The number of carbonyl (C=O) groups is 1. The van der Waals surface area contributed by atoms with Gasteiger partial charge in [-0.15, -0.1) is 13.0 Å². The molecule has 9 nitrogen and oxygen atoms in total. The third-order valence-electron chi connectivity index (χ3n) is 5.54. The van der Waals surface area contributed by atoms with Gasteiger partial charge >= 0.3 is 0 Å². The summed E-state index contributed by atoms with van der Waals surface area (Å²) in [6.45, 7) is 5.85. The van der Waals surface area contributed by atoms with Gasteiger partial charge < -0.3 is 16.4 Å². The number of nitrogens with one attached hydrogen (secondary N) is 2. The molecule has 4 N–H and O–H groups in total. The molecule has 0 radical (unpaired) electrons. The van der Waals surface area contributed by atoms with Crippen LogP contribution < -0.4 is 21.9 Å². The first-order valence-electron chi connectivity index (χ1n) is 10.9. The number of hydrogen-bond acceptors (Lipinski definition) is 6. The fourth-order valence-corrected chi connectivity index (χ4v) is 3.96. The first-order chi connectivity index (χ1) is 16.9. The molecule has 0 saturated carbocycles. The van der Waals surface area contributed by atoms with Crippen LogP contribution in [0.1, 0.15) is 34.7 Å². The van der Waals surface area contributed by atoms with Crippen molar-refractivity contribution < 1.29 is 4.79 Å². The molecule has 1 amide bonds. The zero-order valence-corrected chi connectivity index (χ0v) is 19.4. The van der Waals surface area contributed by atoms with E-state index in [4.69, 9.17) is 17.1 Å². The highest BCUT2D eigenvalue weighted by molar-refractivity contribution is 6.03. The molecule has 0 spiro atoms. The van der Waals surface area contributed by atoms with Crippen molar-refractivity contribution >= 4 is 28.4 Å². The number of benzene rings is 2. The molecule has 0 fully saturated rings. The van der Waals surface area contributed by atoms with Crippen LogP contribution in [-0.4, -0.2) is 31.8 Å². The number of hydrogen-bond donors (Lipinski definition) is 3. The Hall–Kier alpha value is -4.84. The van der Waals surface area contributed by atoms with E-state index in [1.54, 1.807) is 50.4 Å². The zero-order chi connectivity index (χ0) is 25.1. The number of aromatic nitrogens is 4. The normalized spacial score (nSPS) is 11.6. The first-order valence-corrected chi connectivity index (χ1v) is 10.9. The van der Waals surface area contributed by atoms with Gasteiger partial charge in [-0.05, 0) is 31.2 Å². The van der Waals surface area contributed by atoms with Crippen LogP contribution in [0.3, 0.4) is 0 Å². The molecule has 1 atom stereocenters. The van der Waals surface area contributed by atoms with Gasteiger partial charge in [0.15, 0.2) is 5.82 Å². The standard InChI is InChI=1S/C26H25N7O2/c1-5-15-28-24-21(22(27)31-32(24)4)25(34)29-16(3)23-30-19-14-10-11-17(6-2)20(19)26(35)33(23)18-12-8-7-9-13-18/h2,5,7-14,16,28H,1,15H2,3-4H3,(H2,27,31)(H,29,34). The molecule has 2 aromatic heterocycles. The van der Waals surface area contributed by atoms with Crippen LogP contribution in [0.2, 0.25) is 0 Å². The number of aryl methyl sites for hydroxylation is 1. The van der Waals surface area contributed by atoms with Crippen LogP contribution in [-0.2, 0) is 7.05 Å². The van der Waals surface area contributed by atoms with E-state index in [-0.39, 0.29) is 16.9 Å². The summed E-state index contributed by atoms with van der Waals surface area (Å²) in [5.74, 6) is 2.99.